The zero-order chi connectivity index (χ0) is 17.4. The van der Waals surface area contributed by atoms with Crippen LogP contribution in [0.3, 0.4) is 0 Å². The largest absolute Gasteiger partial charge is 0.350 e. The third kappa shape index (κ3) is 2.97. The van der Waals surface area contributed by atoms with Gasteiger partial charge >= 0.3 is 0 Å². The van der Waals surface area contributed by atoms with Gasteiger partial charge in [0.25, 0.3) is 5.91 Å². The van der Waals surface area contributed by atoms with Gasteiger partial charge in [-0.05, 0) is 48.8 Å². The molecular formula is C20H22N2O2S. The van der Waals surface area contributed by atoms with Crippen LogP contribution in [0.5, 0.6) is 0 Å². The molecule has 2 amide bonds. The maximum Gasteiger partial charge on any atom is 0.264 e. The molecule has 5 heteroatoms. The Kier molecular flexibility index (Phi) is 4.12. The molecule has 1 aromatic heterocycles. The highest BCUT2D eigenvalue weighted by atomic mass is 32.1. The number of likely N-dealkylation sites (tertiary alicyclic amines) is 1. The summed E-state index contributed by atoms with van der Waals surface area (Å²) in [6.07, 6.45) is 2.49. The Hall–Kier alpha value is -2.14. The van der Waals surface area contributed by atoms with E-state index in [-0.39, 0.29) is 23.3 Å². The van der Waals surface area contributed by atoms with E-state index in [1.54, 1.807) is 0 Å². The average Bonchev–Trinajstić information content (AvgIpc) is 3.19. The van der Waals surface area contributed by atoms with Crippen LogP contribution in [-0.4, -0.2) is 35.3 Å². The predicted octanol–water partition coefficient (Wildman–Crippen LogP) is 3.34. The van der Waals surface area contributed by atoms with Gasteiger partial charge in [0, 0.05) is 18.6 Å². The Morgan fingerprint density at radius 2 is 1.92 bits per heavy atom. The summed E-state index contributed by atoms with van der Waals surface area (Å²) in [5, 5.41) is 5.22. The lowest BCUT2D eigenvalue weighted by Gasteiger charge is -2.39. The fraction of sp³-hybridized carbons (Fsp3) is 0.400. The van der Waals surface area contributed by atoms with Gasteiger partial charge in [-0.25, -0.2) is 0 Å². The van der Waals surface area contributed by atoms with Gasteiger partial charge in [0.2, 0.25) is 5.91 Å². The second kappa shape index (κ2) is 6.30. The average molecular weight is 354 g/mol. The fourth-order valence-corrected chi connectivity index (χ4v) is 4.93. The number of thiophene rings is 1. The molecule has 2 aliphatic heterocycles. The minimum Gasteiger partial charge on any atom is -0.350 e. The van der Waals surface area contributed by atoms with Crippen LogP contribution in [0.25, 0.3) is 0 Å². The first-order valence-corrected chi connectivity index (χ1v) is 9.66. The number of amides is 2. The highest BCUT2D eigenvalue weighted by Gasteiger charge is 2.46. The predicted molar refractivity (Wildman–Crippen MR) is 98.9 cm³/mol. The van der Waals surface area contributed by atoms with Gasteiger partial charge in [-0.1, -0.05) is 30.3 Å². The second-order valence-corrected chi connectivity index (χ2v) is 8.08. The molecule has 1 aromatic carbocycles. The molecule has 0 radical (unpaired) electrons. The summed E-state index contributed by atoms with van der Waals surface area (Å²) >= 11 is 1.51. The summed E-state index contributed by atoms with van der Waals surface area (Å²) in [5.74, 6) is 0.189. The summed E-state index contributed by atoms with van der Waals surface area (Å²) in [6, 6.07) is 12.0. The van der Waals surface area contributed by atoms with Gasteiger partial charge < -0.3 is 10.2 Å². The number of rotatable bonds is 2. The van der Waals surface area contributed by atoms with Gasteiger partial charge in [0.1, 0.15) is 0 Å². The third-order valence-corrected chi connectivity index (χ3v) is 6.57. The maximum atomic E-state index is 12.7. The normalized spacial score (nSPS) is 22.2. The molecule has 1 atom stereocenters. The number of nitrogens with one attached hydrogen (secondary N) is 1. The number of hydrogen-bond acceptors (Lipinski definition) is 3. The van der Waals surface area contributed by atoms with Crippen molar-refractivity contribution in [1.29, 1.82) is 0 Å². The fourth-order valence-electron chi connectivity index (χ4n) is 4.04. The number of hydrogen-bond donors (Lipinski definition) is 1. The van der Waals surface area contributed by atoms with Gasteiger partial charge in [-0.15, -0.1) is 11.3 Å². The molecule has 1 unspecified atom stereocenters. The Morgan fingerprint density at radius 3 is 2.56 bits per heavy atom. The molecule has 2 saturated heterocycles. The van der Waals surface area contributed by atoms with Gasteiger partial charge in [0.05, 0.1) is 10.8 Å². The van der Waals surface area contributed by atoms with E-state index in [1.807, 2.05) is 53.6 Å². The van der Waals surface area contributed by atoms with Crippen molar-refractivity contribution in [2.75, 3.05) is 13.1 Å². The second-order valence-electron chi connectivity index (χ2n) is 7.16. The van der Waals surface area contributed by atoms with Crippen molar-refractivity contribution >= 4 is 23.2 Å². The van der Waals surface area contributed by atoms with E-state index in [4.69, 9.17) is 0 Å². The van der Waals surface area contributed by atoms with Crippen LogP contribution in [0.1, 0.15) is 46.0 Å². The lowest BCUT2D eigenvalue weighted by Crippen LogP contribution is -2.52. The SMILES string of the molecule is Cc1ccsc1C(=O)N1CCC2(CC1)CC(c1ccccc1)C(=O)N2. The topological polar surface area (TPSA) is 49.4 Å². The van der Waals surface area contributed by atoms with Crippen molar-refractivity contribution in [1.82, 2.24) is 10.2 Å². The van der Waals surface area contributed by atoms with Crippen LogP contribution in [0.4, 0.5) is 0 Å². The Morgan fingerprint density at radius 1 is 1.20 bits per heavy atom. The summed E-state index contributed by atoms with van der Waals surface area (Å²) in [7, 11) is 0. The Balaban J connectivity index is 1.44. The molecule has 1 spiro atoms. The Labute approximate surface area is 151 Å². The van der Waals surface area contributed by atoms with Crippen LogP contribution in [-0.2, 0) is 4.79 Å². The molecule has 2 aromatic rings. The summed E-state index contributed by atoms with van der Waals surface area (Å²) in [4.78, 5) is 28.0. The van der Waals surface area contributed by atoms with Crippen molar-refractivity contribution in [2.24, 2.45) is 0 Å². The standard InChI is InChI=1S/C20H22N2O2S/c1-14-7-12-25-17(14)19(24)22-10-8-20(9-11-22)13-16(18(23)21-20)15-5-3-2-4-6-15/h2-7,12,16H,8-11,13H2,1H3,(H,21,23). The quantitative estimate of drug-likeness (QED) is 0.899. The summed E-state index contributed by atoms with van der Waals surface area (Å²) in [5.41, 5.74) is 1.98. The lowest BCUT2D eigenvalue weighted by atomic mass is 9.82. The molecule has 2 aliphatic rings. The first-order chi connectivity index (χ1) is 12.1. The van der Waals surface area contributed by atoms with Crippen LogP contribution < -0.4 is 5.32 Å². The minimum absolute atomic E-state index is 0.0667. The van der Waals surface area contributed by atoms with Gasteiger partial charge in [-0.2, -0.15) is 0 Å². The van der Waals surface area contributed by atoms with Crippen LogP contribution in [0.2, 0.25) is 0 Å². The smallest absolute Gasteiger partial charge is 0.264 e. The highest BCUT2D eigenvalue weighted by Crippen LogP contribution is 2.39. The molecule has 4 nitrogen and oxygen atoms in total. The van der Waals surface area contributed by atoms with E-state index >= 15 is 0 Å². The van der Waals surface area contributed by atoms with Crippen molar-refractivity contribution in [3.05, 3.63) is 57.8 Å². The molecule has 0 bridgehead atoms. The molecule has 4 rings (SSSR count). The van der Waals surface area contributed by atoms with Gasteiger partial charge in [-0.3, -0.25) is 9.59 Å². The molecular weight excluding hydrogens is 332 g/mol. The van der Waals surface area contributed by atoms with E-state index in [1.165, 1.54) is 11.3 Å². The number of nitrogens with zero attached hydrogens (tertiary/aromatic N) is 1. The van der Waals surface area contributed by atoms with Crippen molar-refractivity contribution < 1.29 is 9.59 Å². The van der Waals surface area contributed by atoms with Crippen LogP contribution in [0.15, 0.2) is 41.8 Å². The van der Waals surface area contributed by atoms with Crippen molar-refractivity contribution in [3.63, 3.8) is 0 Å². The maximum absolute atomic E-state index is 12.7. The van der Waals surface area contributed by atoms with Crippen LogP contribution >= 0.6 is 11.3 Å². The molecule has 0 saturated carbocycles. The lowest BCUT2D eigenvalue weighted by molar-refractivity contribution is -0.121. The molecule has 1 N–H and O–H groups in total. The molecule has 3 heterocycles. The first-order valence-electron chi connectivity index (χ1n) is 8.78. The van der Waals surface area contributed by atoms with E-state index in [9.17, 15) is 9.59 Å². The first kappa shape index (κ1) is 16.3. The zero-order valence-electron chi connectivity index (χ0n) is 14.3. The number of benzene rings is 1. The number of aryl methyl sites for hydroxylation is 1. The monoisotopic (exact) mass is 354 g/mol. The van der Waals surface area contributed by atoms with Crippen molar-refractivity contribution in [3.8, 4) is 0 Å². The third-order valence-electron chi connectivity index (χ3n) is 5.57. The van der Waals surface area contributed by atoms with E-state index in [0.717, 1.165) is 35.3 Å². The Bertz CT molecular complexity index is 791. The number of carbonyl (C=O) groups is 2. The molecule has 2 fully saturated rings. The van der Waals surface area contributed by atoms with Gasteiger partial charge in [0.15, 0.2) is 0 Å². The zero-order valence-corrected chi connectivity index (χ0v) is 15.1. The number of piperidine rings is 1. The molecule has 130 valence electrons. The summed E-state index contributed by atoms with van der Waals surface area (Å²) < 4.78 is 0. The van der Waals surface area contributed by atoms with Crippen LogP contribution in [0, 0.1) is 6.92 Å². The molecule has 0 aliphatic carbocycles. The highest BCUT2D eigenvalue weighted by molar-refractivity contribution is 7.12. The van der Waals surface area contributed by atoms with E-state index < -0.39 is 0 Å². The number of carbonyl (C=O) groups excluding carboxylic acids is 2. The van der Waals surface area contributed by atoms with E-state index in [2.05, 4.69) is 5.32 Å². The molecule has 25 heavy (non-hydrogen) atoms. The minimum atomic E-state index is -0.154. The van der Waals surface area contributed by atoms with Crippen molar-refractivity contribution in [2.45, 2.75) is 37.6 Å². The summed E-state index contributed by atoms with van der Waals surface area (Å²) in [6.45, 7) is 3.40. The van der Waals surface area contributed by atoms with E-state index in [0.29, 0.717) is 13.1 Å².